The second kappa shape index (κ2) is 11.1. The zero-order chi connectivity index (χ0) is 22.3. The number of hydrogen-bond acceptors (Lipinski definition) is 0. The van der Waals surface area contributed by atoms with E-state index in [1.165, 1.54) is 69.1 Å². The van der Waals surface area contributed by atoms with Crippen molar-refractivity contribution < 1.29 is 8.78 Å². The van der Waals surface area contributed by atoms with Gasteiger partial charge in [0, 0.05) is 0 Å². The van der Waals surface area contributed by atoms with Gasteiger partial charge in [-0.2, -0.15) is 0 Å². The molecule has 2 fully saturated rings. The van der Waals surface area contributed by atoms with Gasteiger partial charge >= 0.3 is 0 Å². The van der Waals surface area contributed by atoms with E-state index in [-0.39, 0.29) is 0 Å². The van der Waals surface area contributed by atoms with Crippen molar-refractivity contribution in [2.45, 2.75) is 64.2 Å². The second-order valence-electron chi connectivity index (χ2n) is 9.88. The van der Waals surface area contributed by atoms with Crippen LogP contribution in [0, 0.1) is 35.3 Å². The van der Waals surface area contributed by atoms with Gasteiger partial charge in [-0.05, 0) is 117 Å². The Morgan fingerprint density at radius 2 is 1.31 bits per heavy atom. The Balaban J connectivity index is 1.18. The number of halogens is 2. The average molecular weight is 435 g/mol. The highest BCUT2D eigenvalue weighted by atomic mass is 19.2. The van der Waals surface area contributed by atoms with Crippen molar-refractivity contribution in [3.05, 3.63) is 84.5 Å². The van der Waals surface area contributed by atoms with Gasteiger partial charge in [0.15, 0.2) is 11.6 Å². The van der Waals surface area contributed by atoms with E-state index >= 15 is 0 Å². The van der Waals surface area contributed by atoms with Crippen LogP contribution in [0.25, 0.3) is 11.1 Å². The molecule has 2 heteroatoms. The summed E-state index contributed by atoms with van der Waals surface area (Å²) in [6, 6.07) is 12.2. The van der Waals surface area contributed by atoms with Crippen LogP contribution in [0.4, 0.5) is 8.78 Å². The smallest absolute Gasteiger partial charge is 0.159 e. The highest BCUT2D eigenvalue weighted by Crippen LogP contribution is 2.41. The first-order valence-electron chi connectivity index (χ1n) is 12.5. The molecule has 0 spiro atoms. The Kier molecular flexibility index (Phi) is 7.95. The monoisotopic (exact) mass is 434 g/mol. The normalized spacial score (nSPS) is 26.3. The van der Waals surface area contributed by atoms with Crippen molar-refractivity contribution in [1.29, 1.82) is 0 Å². The summed E-state index contributed by atoms with van der Waals surface area (Å²) in [6.45, 7) is 3.98. The molecule has 32 heavy (non-hydrogen) atoms. The van der Waals surface area contributed by atoms with E-state index < -0.39 is 11.6 Å². The van der Waals surface area contributed by atoms with Crippen molar-refractivity contribution in [1.82, 2.24) is 0 Å². The van der Waals surface area contributed by atoms with Crippen LogP contribution in [0.15, 0.2) is 67.3 Å². The average Bonchev–Trinajstić information content (AvgIpc) is 2.84. The van der Waals surface area contributed by atoms with E-state index in [1.54, 1.807) is 6.07 Å². The molecule has 0 amide bonds. The first-order chi connectivity index (χ1) is 15.6. The highest BCUT2D eigenvalue weighted by molar-refractivity contribution is 5.63. The lowest BCUT2D eigenvalue weighted by Gasteiger charge is -2.36. The van der Waals surface area contributed by atoms with Crippen molar-refractivity contribution in [3.8, 4) is 11.1 Å². The fourth-order valence-corrected chi connectivity index (χ4v) is 5.74. The molecule has 0 heterocycles. The highest BCUT2D eigenvalue weighted by Gasteiger charge is 2.29. The molecule has 0 unspecified atom stereocenters. The second-order valence-corrected chi connectivity index (χ2v) is 9.88. The SMILES string of the molecule is C=CC1CCC(C2CCC(C=CCCc3ccc(-c4ccc(F)c(F)c4)cc3)CC2)CC1. The Labute approximate surface area is 192 Å². The summed E-state index contributed by atoms with van der Waals surface area (Å²) in [6.07, 6.45) is 20.1. The molecular weight excluding hydrogens is 398 g/mol. The minimum Gasteiger partial charge on any atom is -0.204 e. The van der Waals surface area contributed by atoms with Crippen LogP contribution in [-0.4, -0.2) is 0 Å². The molecule has 0 nitrogen and oxygen atoms in total. The van der Waals surface area contributed by atoms with Crippen molar-refractivity contribution in [2.24, 2.45) is 23.7 Å². The zero-order valence-electron chi connectivity index (χ0n) is 19.1. The quantitative estimate of drug-likeness (QED) is 0.382. The van der Waals surface area contributed by atoms with E-state index in [0.717, 1.165) is 42.1 Å². The van der Waals surface area contributed by atoms with Gasteiger partial charge in [0.25, 0.3) is 0 Å². The largest absolute Gasteiger partial charge is 0.204 e. The summed E-state index contributed by atoms with van der Waals surface area (Å²) < 4.78 is 26.6. The van der Waals surface area contributed by atoms with Gasteiger partial charge in [0.1, 0.15) is 0 Å². The molecule has 4 rings (SSSR count). The Hall–Kier alpha value is -2.22. The van der Waals surface area contributed by atoms with Crippen LogP contribution in [0.3, 0.4) is 0 Å². The molecule has 2 aromatic rings. The third kappa shape index (κ3) is 5.97. The number of benzene rings is 2. The molecule has 0 saturated heterocycles. The lowest BCUT2D eigenvalue weighted by atomic mass is 9.69. The number of aryl methyl sites for hydroxylation is 1. The molecule has 2 aromatic carbocycles. The topological polar surface area (TPSA) is 0 Å². The number of allylic oxidation sites excluding steroid dienone is 3. The van der Waals surface area contributed by atoms with Crippen LogP contribution >= 0.6 is 0 Å². The molecular formula is C30H36F2. The van der Waals surface area contributed by atoms with Gasteiger partial charge in [0.05, 0.1) is 0 Å². The van der Waals surface area contributed by atoms with E-state index in [0.29, 0.717) is 5.56 Å². The van der Waals surface area contributed by atoms with Crippen molar-refractivity contribution in [3.63, 3.8) is 0 Å². The third-order valence-corrected chi connectivity index (χ3v) is 7.85. The number of hydrogen-bond donors (Lipinski definition) is 0. The lowest BCUT2D eigenvalue weighted by Crippen LogP contribution is -2.25. The Morgan fingerprint density at radius 3 is 1.91 bits per heavy atom. The zero-order valence-corrected chi connectivity index (χ0v) is 19.1. The molecule has 170 valence electrons. The van der Waals surface area contributed by atoms with E-state index in [9.17, 15) is 8.78 Å². The lowest BCUT2D eigenvalue weighted by molar-refractivity contribution is 0.166. The maximum atomic E-state index is 13.5. The summed E-state index contributed by atoms with van der Waals surface area (Å²) in [5.74, 6) is 1.84. The minimum absolute atomic E-state index is 0.708. The fourth-order valence-electron chi connectivity index (χ4n) is 5.74. The van der Waals surface area contributed by atoms with Gasteiger partial charge in [-0.25, -0.2) is 8.78 Å². The van der Waals surface area contributed by atoms with E-state index in [4.69, 9.17) is 0 Å². The van der Waals surface area contributed by atoms with Crippen molar-refractivity contribution in [2.75, 3.05) is 0 Å². The molecule has 0 bridgehead atoms. The van der Waals surface area contributed by atoms with Gasteiger partial charge in [-0.3, -0.25) is 0 Å². The molecule has 2 aliphatic rings. The van der Waals surface area contributed by atoms with Crippen LogP contribution < -0.4 is 0 Å². The maximum Gasteiger partial charge on any atom is 0.159 e. The first-order valence-corrected chi connectivity index (χ1v) is 12.5. The van der Waals surface area contributed by atoms with Crippen molar-refractivity contribution >= 4 is 0 Å². The molecule has 0 aliphatic heterocycles. The summed E-state index contributed by atoms with van der Waals surface area (Å²) in [4.78, 5) is 0. The fraction of sp³-hybridized carbons (Fsp3) is 0.467. The van der Waals surface area contributed by atoms with Gasteiger partial charge in [-0.1, -0.05) is 48.6 Å². The van der Waals surface area contributed by atoms with Crippen LogP contribution in [-0.2, 0) is 6.42 Å². The molecule has 0 aromatic heterocycles. The molecule has 2 saturated carbocycles. The molecule has 2 aliphatic carbocycles. The first kappa shape index (κ1) is 23.0. The van der Waals surface area contributed by atoms with Crippen LogP contribution in [0.5, 0.6) is 0 Å². The Morgan fingerprint density at radius 1 is 0.719 bits per heavy atom. The van der Waals surface area contributed by atoms with Crippen LogP contribution in [0.1, 0.15) is 63.4 Å². The minimum atomic E-state index is -0.804. The predicted octanol–water partition coefficient (Wildman–Crippen LogP) is 8.92. The summed E-state index contributed by atoms with van der Waals surface area (Å²) in [5, 5.41) is 0. The van der Waals surface area contributed by atoms with E-state index in [2.05, 4.69) is 36.9 Å². The number of rotatable bonds is 7. The summed E-state index contributed by atoms with van der Waals surface area (Å²) in [7, 11) is 0. The van der Waals surface area contributed by atoms with Gasteiger partial charge in [-0.15, -0.1) is 6.58 Å². The molecule has 0 atom stereocenters. The third-order valence-electron chi connectivity index (χ3n) is 7.85. The standard InChI is InChI=1S/C30H36F2/c1-2-22-7-13-25(14-8-22)26-15-9-23(10-16-26)5-3-4-6-24-11-17-27(18-12-24)28-19-20-29(31)30(32)21-28/h2-3,5,11-12,17-23,25-26H,1,4,6-10,13-16H2. The van der Waals surface area contributed by atoms with E-state index in [1.807, 2.05) is 12.1 Å². The Bertz CT molecular complexity index is 895. The van der Waals surface area contributed by atoms with Crippen LogP contribution in [0.2, 0.25) is 0 Å². The molecule has 0 N–H and O–H groups in total. The summed E-state index contributed by atoms with van der Waals surface area (Å²) in [5.41, 5.74) is 2.90. The molecule has 0 radical (unpaired) electrons. The predicted molar refractivity (Wildman–Crippen MR) is 130 cm³/mol. The summed E-state index contributed by atoms with van der Waals surface area (Å²) >= 11 is 0. The van der Waals surface area contributed by atoms with Gasteiger partial charge < -0.3 is 0 Å². The maximum absolute atomic E-state index is 13.5. The van der Waals surface area contributed by atoms with Gasteiger partial charge in [0.2, 0.25) is 0 Å².